The third-order valence-electron chi connectivity index (χ3n) is 10.2. The largest absolute Gasteiger partial charge is 0.481 e. The molecule has 6 bridgehead atoms. The first-order valence-electron chi connectivity index (χ1n) is 16.9. The zero-order chi connectivity index (χ0) is 37.0. The Hall–Kier alpha value is -5.37. The van der Waals surface area contributed by atoms with Crippen LogP contribution in [-0.2, 0) is 44.8 Å². The SMILES string of the molecule is Cn1nc2nc1-c1cc(ccc1F)Oc1c(F)cc3[nH]ccc3c1Cn1cc(cn1)C(C)(C)S(=O)(=O)CCCC2(C)c1cccc(CCC(=O)O)c1. The van der Waals surface area contributed by atoms with Crippen molar-refractivity contribution < 1.29 is 31.8 Å². The number of aryl methyl sites for hydroxylation is 2. The van der Waals surface area contributed by atoms with E-state index in [-0.39, 0.29) is 48.0 Å². The highest BCUT2D eigenvalue weighted by molar-refractivity contribution is 7.92. The van der Waals surface area contributed by atoms with E-state index < -0.39 is 37.6 Å². The Labute approximate surface area is 299 Å². The topological polar surface area (TPSA) is 145 Å². The number of aromatic amines is 1. The first-order valence-corrected chi connectivity index (χ1v) is 18.6. The Morgan fingerprint density at radius 3 is 2.65 bits per heavy atom. The molecule has 0 fully saturated rings. The maximum absolute atomic E-state index is 15.8. The first kappa shape index (κ1) is 35.1. The molecule has 1 aliphatic heterocycles. The number of fused-ring (bicyclic) bond motifs is 10. The lowest BCUT2D eigenvalue weighted by atomic mass is 9.77. The van der Waals surface area contributed by atoms with E-state index in [2.05, 4.69) is 10.1 Å². The van der Waals surface area contributed by atoms with E-state index >= 15 is 8.78 Å². The van der Waals surface area contributed by atoms with Crippen LogP contribution in [0, 0.1) is 11.6 Å². The van der Waals surface area contributed by atoms with Gasteiger partial charge < -0.3 is 14.8 Å². The van der Waals surface area contributed by atoms with Crippen LogP contribution in [0.15, 0.2) is 73.2 Å². The van der Waals surface area contributed by atoms with Crippen molar-refractivity contribution in [2.75, 3.05) is 5.75 Å². The van der Waals surface area contributed by atoms with Crippen molar-refractivity contribution in [3.05, 3.63) is 113 Å². The maximum atomic E-state index is 15.8. The highest BCUT2D eigenvalue weighted by Gasteiger charge is 2.39. The summed E-state index contributed by atoms with van der Waals surface area (Å²) in [7, 11) is -2.14. The van der Waals surface area contributed by atoms with Crippen molar-refractivity contribution in [2.45, 2.75) is 63.2 Å². The zero-order valence-electron chi connectivity index (χ0n) is 29.2. The molecule has 14 heteroatoms. The number of aromatic nitrogens is 6. The molecule has 3 aromatic carbocycles. The number of benzene rings is 3. The van der Waals surface area contributed by atoms with Gasteiger partial charge in [0.2, 0.25) is 0 Å². The molecule has 0 amide bonds. The van der Waals surface area contributed by atoms with Crippen LogP contribution in [0.25, 0.3) is 22.3 Å². The summed E-state index contributed by atoms with van der Waals surface area (Å²) in [5.74, 6) is -1.75. The van der Waals surface area contributed by atoms with E-state index in [0.717, 1.165) is 11.1 Å². The average Bonchev–Trinajstić information content (AvgIpc) is 3.86. The van der Waals surface area contributed by atoms with Gasteiger partial charge in [-0.2, -0.15) is 10.2 Å². The number of ether oxygens (including phenoxy) is 1. The van der Waals surface area contributed by atoms with Gasteiger partial charge in [-0.1, -0.05) is 24.3 Å². The Morgan fingerprint density at radius 1 is 1.06 bits per heavy atom. The summed E-state index contributed by atoms with van der Waals surface area (Å²) in [4.78, 5) is 19.2. The van der Waals surface area contributed by atoms with Crippen LogP contribution in [0.2, 0.25) is 0 Å². The average molecular weight is 729 g/mol. The molecule has 0 radical (unpaired) electrons. The van der Waals surface area contributed by atoms with E-state index in [4.69, 9.17) is 14.8 Å². The molecule has 270 valence electrons. The molecule has 6 aromatic rings. The second kappa shape index (κ2) is 13.0. The van der Waals surface area contributed by atoms with Gasteiger partial charge in [0.25, 0.3) is 0 Å². The van der Waals surface area contributed by atoms with Gasteiger partial charge in [-0.3, -0.25) is 9.48 Å². The number of nitrogens with zero attached hydrogens (tertiary/aromatic N) is 5. The van der Waals surface area contributed by atoms with Crippen LogP contribution in [0.1, 0.15) is 68.1 Å². The fourth-order valence-corrected chi connectivity index (χ4v) is 8.38. The molecule has 11 nitrogen and oxygen atoms in total. The van der Waals surface area contributed by atoms with Gasteiger partial charge in [0.05, 0.1) is 34.2 Å². The Kier molecular flexibility index (Phi) is 8.76. The summed E-state index contributed by atoms with van der Waals surface area (Å²) in [5.41, 5.74) is 2.13. The monoisotopic (exact) mass is 728 g/mol. The number of nitrogens with one attached hydrogen (secondary N) is 1. The van der Waals surface area contributed by atoms with Gasteiger partial charge in [0, 0.05) is 54.0 Å². The summed E-state index contributed by atoms with van der Waals surface area (Å²) in [5, 5.41) is 19.2. The predicted octanol–water partition coefficient (Wildman–Crippen LogP) is 7.05. The molecule has 52 heavy (non-hydrogen) atoms. The number of H-pyrrole nitrogens is 1. The van der Waals surface area contributed by atoms with Gasteiger partial charge in [-0.05, 0) is 75.4 Å². The number of carbonyl (C=O) groups is 1. The normalized spacial score (nSPS) is 18.5. The number of hydrogen-bond acceptors (Lipinski definition) is 7. The van der Waals surface area contributed by atoms with Gasteiger partial charge in [-0.15, -0.1) is 0 Å². The number of carboxylic acids is 1. The fourth-order valence-electron chi connectivity index (χ4n) is 6.88. The van der Waals surface area contributed by atoms with E-state index in [9.17, 15) is 18.3 Å². The maximum Gasteiger partial charge on any atom is 0.303 e. The van der Waals surface area contributed by atoms with Crippen molar-refractivity contribution in [2.24, 2.45) is 7.05 Å². The first-order chi connectivity index (χ1) is 24.7. The molecule has 1 atom stereocenters. The number of sulfone groups is 1. The summed E-state index contributed by atoms with van der Waals surface area (Å²) in [6.45, 7) is 5.25. The molecule has 3 aromatic heterocycles. The predicted molar refractivity (Wildman–Crippen MR) is 191 cm³/mol. The quantitative estimate of drug-likeness (QED) is 0.197. The highest BCUT2D eigenvalue weighted by atomic mass is 32.2. The minimum absolute atomic E-state index is 0.0574. The number of rotatable bonds is 4. The number of aliphatic carboxylic acids is 1. The molecule has 7 rings (SSSR count). The molecule has 2 N–H and O–H groups in total. The van der Waals surface area contributed by atoms with Gasteiger partial charge in [-0.25, -0.2) is 26.9 Å². The van der Waals surface area contributed by atoms with Crippen LogP contribution < -0.4 is 4.74 Å². The van der Waals surface area contributed by atoms with Gasteiger partial charge in [0.1, 0.15) is 11.6 Å². The van der Waals surface area contributed by atoms with E-state index in [1.54, 1.807) is 44.0 Å². The third kappa shape index (κ3) is 6.25. The van der Waals surface area contributed by atoms with E-state index in [1.165, 1.54) is 35.1 Å². The summed E-state index contributed by atoms with van der Waals surface area (Å²) >= 11 is 0. The van der Waals surface area contributed by atoms with Gasteiger partial charge >= 0.3 is 5.97 Å². The number of hydrogen-bond donors (Lipinski definition) is 2. The van der Waals surface area contributed by atoms with Crippen molar-refractivity contribution >= 4 is 26.7 Å². The van der Waals surface area contributed by atoms with E-state index in [0.29, 0.717) is 40.7 Å². The molecular formula is C38H38F2N6O5S. The molecule has 0 spiro atoms. The second-order valence-electron chi connectivity index (χ2n) is 14.0. The molecular weight excluding hydrogens is 691 g/mol. The molecule has 0 saturated heterocycles. The van der Waals surface area contributed by atoms with Crippen molar-refractivity contribution in [1.29, 1.82) is 0 Å². The molecule has 1 aliphatic rings. The van der Waals surface area contributed by atoms with Crippen LogP contribution in [0.4, 0.5) is 8.78 Å². The van der Waals surface area contributed by atoms with Crippen LogP contribution in [-0.4, -0.2) is 54.8 Å². The zero-order valence-corrected chi connectivity index (χ0v) is 30.0. The molecule has 0 saturated carbocycles. The van der Waals surface area contributed by atoms with Crippen molar-refractivity contribution in [3.63, 3.8) is 0 Å². The van der Waals surface area contributed by atoms with Crippen molar-refractivity contribution in [3.8, 4) is 22.9 Å². The number of halogens is 2. The third-order valence-corrected chi connectivity index (χ3v) is 12.8. The van der Waals surface area contributed by atoms with Crippen LogP contribution >= 0.6 is 0 Å². The standard InChI is InChI=1S/C38H38F2N6O5S/c1-37(2)25-20-42-46(21-25)22-29-27-13-15-41-32(27)19-31(40)34(29)51-26-10-11-30(39)28(18-26)35-43-36(44-45(35)4)38(3,14-6-16-52(37,49)50)24-8-5-7-23(17-24)9-12-33(47)48/h5,7-8,10-11,13,15,17-21,41H,6,9,12,14,16,22H2,1-4H3,(H,47,48). The second-order valence-corrected chi connectivity index (χ2v) is 16.7. The summed E-state index contributed by atoms with van der Waals surface area (Å²) in [6.07, 6.45) is 5.64. The lowest BCUT2D eigenvalue weighted by Gasteiger charge is -2.29. The summed E-state index contributed by atoms with van der Waals surface area (Å²) in [6, 6.07) is 14.6. The molecule has 4 heterocycles. The molecule has 1 unspecified atom stereocenters. The van der Waals surface area contributed by atoms with Gasteiger partial charge in [0.15, 0.2) is 33.1 Å². The van der Waals surface area contributed by atoms with Crippen LogP contribution in [0.5, 0.6) is 11.5 Å². The Morgan fingerprint density at radius 2 is 1.87 bits per heavy atom. The minimum atomic E-state index is -3.78. The van der Waals surface area contributed by atoms with Crippen LogP contribution in [0.3, 0.4) is 0 Å². The minimum Gasteiger partial charge on any atom is -0.481 e. The van der Waals surface area contributed by atoms with E-state index in [1.807, 2.05) is 31.2 Å². The lowest BCUT2D eigenvalue weighted by Crippen LogP contribution is -2.33. The van der Waals surface area contributed by atoms with Crippen molar-refractivity contribution in [1.82, 2.24) is 29.5 Å². The lowest BCUT2D eigenvalue weighted by molar-refractivity contribution is -0.136. The highest BCUT2D eigenvalue weighted by Crippen LogP contribution is 2.40. The summed E-state index contributed by atoms with van der Waals surface area (Å²) < 4.78 is 67.6. The smallest absolute Gasteiger partial charge is 0.303 e. The Balaban J connectivity index is 1.40. The Bertz CT molecular complexity index is 2450. The molecule has 0 aliphatic carbocycles. The fraction of sp³-hybridized carbons (Fsp3) is 0.316. The number of carboxylic acid groups (broad SMARTS) is 1.